The van der Waals surface area contributed by atoms with Crippen LogP contribution >= 0.6 is 11.6 Å². The highest BCUT2D eigenvalue weighted by Gasteiger charge is 2.22. The first-order chi connectivity index (χ1) is 7.66. The van der Waals surface area contributed by atoms with Crippen molar-refractivity contribution in [3.05, 3.63) is 39.4 Å². The average Bonchev–Trinajstić information content (AvgIpc) is 2.61. The Labute approximate surface area is 96.7 Å². The highest BCUT2D eigenvalue weighted by molar-refractivity contribution is 6.31. The molecule has 16 heavy (non-hydrogen) atoms. The van der Waals surface area contributed by atoms with Crippen molar-refractivity contribution >= 4 is 22.5 Å². The molecule has 82 valence electrons. The normalized spacial score (nSPS) is 19.0. The fourth-order valence-electron chi connectivity index (χ4n) is 2.11. The zero-order chi connectivity index (χ0) is 11.3. The first-order valence-electron chi connectivity index (χ1n) is 5.12. The molecule has 1 aromatic carbocycles. The molecule has 2 heterocycles. The lowest BCUT2D eigenvalue weighted by Crippen LogP contribution is -2.22. The molecule has 1 aliphatic heterocycles. The fraction of sp³-hybridized carbons (Fsp3) is 0.273. The van der Waals surface area contributed by atoms with Gasteiger partial charge in [-0.1, -0.05) is 11.6 Å². The molecule has 2 aromatic rings. The maximum absolute atomic E-state index is 12.1. The quantitative estimate of drug-likeness (QED) is 0.752. The van der Waals surface area contributed by atoms with E-state index in [0.29, 0.717) is 28.3 Å². The summed E-state index contributed by atoms with van der Waals surface area (Å²) in [6, 6.07) is 4.97. The van der Waals surface area contributed by atoms with E-state index in [2.05, 4.69) is 4.98 Å². The standard InChI is InChI=1S/C11H10ClN3O/c12-6-1-2-7-9(5-6)14-10-8(13)3-4-15(10)11(7)16/h1-2,5,8H,3-4,13H2/t8-/m1/s1. The molecule has 2 N–H and O–H groups in total. The minimum Gasteiger partial charge on any atom is -0.321 e. The van der Waals surface area contributed by atoms with Gasteiger partial charge in [0.15, 0.2) is 0 Å². The summed E-state index contributed by atoms with van der Waals surface area (Å²) in [5, 5.41) is 1.18. The highest BCUT2D eigenvalue weighted by Crippen LogP contribution is 2.22. The van der Waals surface area contributed by atoms with Crippen molar-refractivity contribution in [2.45, 2.75) is 19.0 Å². The molecule has 0 bridgehead atoms. The Morgan fingerprint density at radius 3 is 3.12 bits per heavy atom. The molecule has 0 radical (unpaired) electrons. The van der Waals surface area contributed by atoms with Crippen LogP contribution in [0.25, 0.3) is 10.9 Å². The van der Waals surface area contributed by atoms with Gasteiger partial charge in [0.05, 0.1) is 16.9 Å². The van der Waals surface area contributed by atoms with Crippen LogP contribution in [-0.2, 0) is 6.54 Å². The maximum Gasteiger partial charge on any atom is 0.261 e. The second-order valence-corrected chi connectivity index (χ2v) is 4.42. The second kappa shape index (κ2) is 3.30. The number of rotatable bonds is 0. The van der Waals surface area contributed by atoms with E-state index < -0.39 is 0 Å². The number of benzene rings is 1. The van der Waals surface area contributed by atoms with E-state index in [9.17, 15) is 4.79 Å². The lowest BCUT2D eigenvalue weighted by molar-refractivity contribution is 0.679. The van der Waals surface area contributed by atoms with E-state index in [4.69, 9.17) is 17.3 Å². The third-order valence-corrected chi connectivity index (χ3v) is 3.18. The molecular weight excluding hydrogens is 226 g/mol. The summed E-state index contributed by atoms with van der Waals surface area (Å²) in [6.45, 7) is 0.654. The zero-order valence-corrected chi connectivity index (χ0v) is 9.24. The molecule has 0 aliphatic carbocycles. The van der Waals surface area contributed by atoms with Crippen molar-refractivity contribution in [3.63, 3.8) is 0 Å². The number of fused-ring (bicyclic) bond motifs is 2. The number of hydrogen-bond acceptors (Lipinski definition) is 3. The van der Waals surface area contributed by atoms with Crippen LogP contribution in [0.1, 0.15) is 18.3 Å². The minimum absolute atomic E-state index is 0.0235. The van der Waals surface area contributed by atoms with Crippen molar-refractivity contribution in [1.82, 2.24) is 9.55 Å². The average molecular weight is 236 g/mol. The van der Waals surface area contributed by atoms with Gasteiger partial charge in [-0.25, -0.2) is 4.98 Å². The van der Waals surface area contributed by atoms with Gasteiger partial charge in [-0.05, 0) is 24.6 Å². The first kappa shape index (κ1) is 9.81. The van der Waals surface area contributed by atoms with Gasteiger partial charge in [-0.3, -0.25) is 9.36 Å². The van der Waals surface area contributed by atoms with Crippen molar-refractivity contribution in [3.8, 4) is 0 Å². The number of nitrogens with zero attached hydrogens (tertiary/aromatic N) is 2. The predicted octanol–water partition coefficient (Wildman–Crippen LogP) is 1.45. The largest absolute Gasteiger partial charge is 0.321 e. The highest BCUT2D eigenvalue weighted by atomic mass is 35.5. The molecule has 0 spiro atoms. The Balaban J connectivity index is 2.44. The molecule has 5 heteroatoms. The molecule has 3 rings (SSSR count). The van der Waals surface area contributed by atoms with E-state index in [1.54, 1.807) is 22.8 Å². The monoisotopic (exact) mass is 235 g/mol. The Hall–Kier alpha value is -1.39. The van der Waals surface area contributed by atoms with Gasteiger partial charge < -0.3 is 5.73 Å². The molecule has 4 nitrogen and oxygen atoms in total. The molecular formula is C11H10ClN3O. The summed E-state index contributed by atoms with van der Waals surface area (Å²) in [6.07, 6.45) is 0.770. The molecule has 0 amide bonds. The fourth-order valence-corrected chi connectivity index (χ4v) is 2.27. The van der Waals surface area contributed by atoms with Crippen LogP contribution in [0.4, 0.5) is 0 Å². The number of aromatic nitrogens is 2. The third kappa shape index (κ3) is 1.27. The van der Waals surface area contributed by atoms with Gasteiger partial charge in [-0.2, -0.15) is 0 Å². The molecule has 0 saturated heterocycles. The Morgan fingerprint density at radius 2 is 2.31 bits per heavy atom. The molecule has 0 saturated carbocycles. The summed E-state index contributed by atoms with van der Waals surface area (Å²) < 4.78 is 1.65. The SMILES string of the molecule is N[C@@H]1CCn2c1nc1cc(Cl)ccc1c2=O. The van der Waals surface area contributed by atoms with Crippen LogP contribution in [0.15, 0.2) is 23.0 Å². The van der Waals surface area contributed by atoms with E-state index >= 15 is 0 Å². The lowest BCUT2D eigenvalue weighted by Gasteiger charge is -2.06. The molecule has 0 fully saturated rings. The summed E-state index contributed by atoms with van der Waals surface area (Å²) in [5.41, 5.74) is 6.49. The van der Waals surface area contributed by atoms with Gasteiger partial charge in [0.2, 0.25) is 0 Å². The Morgan fingerprint density at radius 1 is 1.50 bits per heavy atom. The molecule has 1 aromatic heterocycles. The predicted molar refractivity (Wildman–Crippen MR) is 62.6 cm³/mol. The van der Waals surface area contributed by atoms with Gasteiger partial charge in [0, 0.05) is 11.6 Å². The number of nitrogens with two attached hydrogens (primary N) is 1. The summed E-state index contributed by atoms with van der Waals surface area (Å²) in [4.78, 5) is 16.5. The lowest BCUT2D eigenvalue weighted by atomic mass is 10.2. The van der Waals surface area contributed by atoms with E-state index in [1.165, 1.54) is 0 Å². The van der Waals surface area contributed by atoms with Crippen LogP contribution in [0, 0.1) is 0 Å². The second-order valence-electron chi connectivity index (χ2n) is 3.98. The molecule has 0 unspecified atom stereocenters. The van der Waals surface area contributed by atoms with Gasteiger partial charge in [0.25, 0.3) is 5.56 Å². The summed E-state index contributed by atoms with van der Waals surface area (Å²) in [7, 11) is 0. The topological polar surface area (TPSA) is 60.9 Å². The van der Waals surface area contributed by atoms with E-state index in [0.717, 1.165) is 6.42 Å². The van der Waals surface area contributed by atoms with Crippen LogP contribution in [0.5, 0.6) is 0 Å². The number of hydrogen-bond donors (Lipinski definition) is 1. The summed E-state index contributed by atoms with van der Waals surface area (Å²) in [5.74, 6) is 0.666. The minimum atomic E-state index is -0.143. The van der Waals surface area contributed by atoms with Crippen LogP contribution < -0.4 is 11.3 Å². The van der Waals surface area contributed by atoms with Crippen LogP contribution in [-0.4, -0.2) is 9.55 Å². The van der Waals surface area contributed by atoms with E-state index in [1.807, 2.05) is 0 Å². The summed E-state index contributed by atoms with van der Waals surface area (Å²) >= 11 is 5.88. The smallest absolute Gasteiger partial charge is 0.261 e. The van der Waals surface area contributed by atoms with Crippen molar-refractivity contribution in [2.75, 3.05) is 0 Å². The zero-order valence-electron chi connectivity index (χ0n) is 8.48. The number of halogens is 1. The Bertz CT molecular complexity index is 635. The van der Waals surface area contributed by atoms with Gasteiger partial charge in [0.1, 0.15) is 5.82 Å². The van der Waals surface area contributed by atoms with Crippen LogP contribution in [0.2, 0.25) is 5.02 Å². The molecule has 1 aliphatic rings. The Kier molecular flexibility index (Phi) is 2.02. The van der Waals surface area contributed by atoms with Gasteiger partial charge in [-0.15, -0.1) is 0 Å². The van der Waals surface area contributed by atoms with Gasteiger partial charge >= 0.3 is 0 Å². The van der Waals surface area contributed by atoms with Crippen molar-refractivity contribution < 1.29 is 0 Å². The maximum atomic E-state index is 12.1. The molecule has 1 atom stereocenters. The van der Waals surface area contributed by atoms with Crippen molar-refractivity contribution in [1.29, 1.82) is 0 Å². The first-order valence-corrected chi connectivity index (χ1v) is 5.50. The third-order valence-electron chi connectivity index (χ3n) is 2.94. The van der Waals surface area contributed by atoms with E-state index in [-0.39, 0.29) is 11.6 Å². The van der Waals surface area contributed by atoms with Crippen molar-refractivity contribution in [2.24, 2.45) is 5.73 Å². The van der Waals surface area contributed by atoms with Crippen LogP contribution in [0.3, 0.4) is 0 Å².